The van der Waals surface area contributed by atoms with E-state index in [2.05, 4.69) is 22.0 Å². The molecule has 0 bridgehead atoms. The van der Waals surface area contributed by atoms with Crippen LogP contribution in [0, 0.1) is 0 Å². The monoisotopic (exact) mass is 392 g/mol. The van der Waals surface area contributed by atoms with Crippen LogP contribution in [0.1, 0.15) is 36.6 Å². The van der Waals surface area contributed by atoms with Crippen molar-refractivity contribution in [3.05, 3.63) is 90.1 Å². The van der Waals surface area contributed by atoms with Crippen molar-refractivity contribution in [1.82, 2.24) is 9.88 Å². The van der Waals surface area contributed by atoms with E-state index >= 15 is 0 Å². The lowest BCUT2D eigenvalue weighted by Gasteiger charge is -2.38. The Morgan fingerprint density at radius 1 is 1.14 bits per heavy atom. The first-order valence-electron chi connectivity index (χ1n) is 10.3. The fraction of sp³-hybridized carbons (Fsp3) is 0.375. The van der Waals surface area contributed by atoms with E-state index in [4.69, 9.17) is 14.2 Å². The van der Waals surface area contributed by atoms with Crippen LogP contribution in [0.3, 0.4) is 0 Å². The summed E-state index contributed by atoms with van der Waals surface area (Å²) in [7, 11) is 2.04. The van der Waals surface area contributed by atoms with Gasteiger partial charge in [-0.3, -0.25) is 4.98 Å². The minimum absolute atomic E-state index is 0.121. The molecule has 0 spiro atoms. The molecule has 0 radical (unpaired) electrons. The molecule has 5 nitrogen and oxygen atoms in total. The minimum atomic E-state index is -0.295. The van der Waals surface area contributed by atoms with Crippen molar-refractivity contribution in [2.24, 2.45) is 0 Å². The van der Waals surface area contributed by atoms with Gasteiger partial charge in [-0.1, -0.05) is 36.4 Å². The second-order valence-electron chi connectivity index (χ2n) is 7.40. The van der Waals surface area contributed by atoms with Crippen molar-refractivity contribution in [1.29, 1.82) is 0 Å². The number of nitrogens with zero attached hydrogens (tertiary/aromatic N) is 2. The molecule has 0 saturated carbocycles. The molecule has 1 aromatic heterocycles. The van der Waals surface area contributed by atoms with Crippen molar-refractivity contribution < 1.29 is 14.2 Å². The fourth-order valence-corrected chi connectivity index (χ4v) is 3.73. The molecule has 3 unspecified atom stereocenters. The SMILES string of the molecule is CN1C=CC=C(OCc2ccccc2)C1C(OC1CCCCO1)c1ccccn1. The van der Waals surface area contributed by atoms with Crippen LogP contribution in [0.4, 0.5) is 0 Å². The van der Waals surface area contributed by atoms with E-state index in [1.165, 1.54) is 0 Å². The number of likely N-dealkylation sites (N-methyl/N-ethyl adjacent to an activating group) is 1. The first-order valence-corrected chi connectivity index (χ1v) is 10.3. The van der Waals surface area contributed by atoms with Gasteiger partial charge in [-0.15, -0.1) is 0 Å². The minimum Gasteiger partial charge on any atom is -0.491 e. The van der Waals surface area contributed by atoms with Crippen molar-refractivity contribution >= 4 is 0 Å². The summed E-state index contributed by atoms with van der Waals surface area (Å²) in [5.74, 6) is 0.866. The molecule has 1 aromatic carbocycles. The number of aromatic nitrogens is 1. The molecule has 1 saturated heterocycles. The maximum absolute atomic E-state index is 6.49. The molecule has 2 aliphatic heterocycles. The molecular weight excluding hydrogens is 364 g/mol. The molecule has 1 fully saturated rings. The largest absolute Gasteiger partial charge is 0.491 e. The maximum atomic E-state index is 6.49. The fourth-order valence-electron chi connectivity index (χ4n) is 3.73. The Hall–Kier alpha value is -2.63. The Morgan fingerprint density at radius 2 is 2.00 bits per heavy atom. The van der Waals surface area contributed by atoms with Gasteiger partial charge in [0.05, 0.1) is 5.69 Å². The summed E-state index contributed by atoms with van der Waals surface area (Å²) in [4.78, 5) is 6.72. The summed E-state index contributed by atoms with van der Waals surface area (Å²) < 4.78 is 18.6. The Balaban J connectivity index is 1.57. The molecule has 5 heteroatoms. The third kappa shape index (κ3) is 5.05. The van der Waals surface area contributed by atoms with Crippen LogP contribution in [0.15, 0.2) is 78.8 Å². The molecule has 2 aromatic rings. The van der Waals surface area contributed by atoms with Gasteiger partial charge in [-0.25, -0.2) is 0 Å². The Kier molecular flexibility index (Phi) is 6.60. The lowest BCUT2D eigenvalue weighted by atomic mass is 10.0. The molecule has 2 aliphatic rings. The van der Waals surface area contributed by atoms with Gasteiger partial charge in [0.15, 0.2) is 6.29 Å². The quantitative estimate of drug-likeness (QED) is 0.689. The first kappa shape index (κ1) is 19.7. The summed E-state index contributed by atoms with van der Waals surface area (Å²) in [5.41, 5.74) is 2.01. The molecule has 3 atom stereocenters. The molecule has 29 heavy (non-hydrogen) atoms. The highest BCUT2D eigenvalue weighted by Crippen LogP contribution is 2.34. The van der Waals surface area contributed by atoms with Crippen molar-refractivity contribution in [3.63, 3.8) is 0 Å². The summed E-state index contributed by atoms with van der Waals surface area (Å²) >= 11 is 0. The standard InChI is InChI=1S/C24H28N2O3/c1-26-16-9-13-21(28-18-19-10-3-2-4-11-19)23(26)24(20-12-5-7-15-25-20)29-22-14-6-8-17-27-22/h2-5,7,9-13,15-16,22-24H,6,8,14,17-18H2,1H3. The number of allylic oxidation sites excluding steroid dienone is 2. The third-order valence-electron chi connectivity index (χ3n) is 5.26. The molecule has 0 N–H and O–H groups in total. The number of hydrogen-bond acceptors (Lipinski definition) is 5. The predicted molar refractivity (Wildman–Crippen MR) is 112 cm³/mol. The lowest BCUT2D eigenvalue weighted by Crippen LogP contribution is -2.41. The molecule has 0 amide bonds. The summed E-state index contributed by atoms with van der Waals surface area (Å²) in [6.45, 7) is 1.26. The highest BCUT2D eigenvalue weighted by atomic mass is 16.7. The number of benzene rings is 1. The highest BCUT2D eigenvalue weighted by Gasteiger charge is 2.35. The van der Waals surface area contributed by atoms with E-state index in [-0.39, 0.29) is 18.4 Å². The van der Waals surface area contributed by atoms with Gasteiger partial charge >= 0.3 is 0 Å². The Morgan fingerprint density at radius 3 is 2.76 bits per heavy atom. The lowest BCUT2D eigenvalue weighted by molar-refractivity contribution is -0.201. The van der Waals surface area contributed by atoms with Crippen LogP contribution >= 0.6 is 0 Å². The van der Waals surface area contributed by atoms with Gasteiger partial charge in [0.25, 0.3) is 0 Å². The Bertz CT molecular complexity index is 817. The van der Waals surface area contributed by atoms with E-state index in [1.54, 1.807) is 6.20 Å². The molecule has 0 aliphatic carbocycles. The first-order chi connectivity index (χ1) is 14.3. The van der Waals surface area contributed by atoms with Gasteiger partial charge in [0.1, 0.15) is 24.5 Å². The number of hydrogen-bond donors (Lipinski definition) is 0. The third-order valence-corrected chi connectivity index (χ3v) is 5.26. The van der Waals surface area contributed by atoms with Crippen LogP contribution in [0.2, 0.25) is 0 Å². The molecule has 4 rings (SSSR count). The highest BCUT2D eigenvalue weighted by molar-refractivity contribution is 5.25. The van der Waals surface area contributed by atoms with Gasteiger partial charge in [-0.05, 0) is 55.3 Å². The second kappa shape index (κ2) is 9.72. The van der Waals surface area contributed by atoms with E-state index in [0.717, 1.165) is 42.9 Å². The van der Waals surface area contributed by atoms with E-state index < -0.39 is 0 Å². The van der Waals surface area contributed by atoms with Gasteiger partial charge in [0, 0.05) is 19.9 Å². The van der Waals surface area contributed by atoms with Gasteiger partial charge in [0.2, 0.25) is 0 Å². The zero-order valence-electron chi connectivity index (χ0n) is 16.8. The van der Waals surface area contributed by atoms with Crippen LogP contribution in [-0.2, 0) is 20.8 Å². The topological polar surface area (TPSA) is 43.8 Å². The normalized spacial score (nSPS) is 22.8. The molecule has 3 heterocycles. The number of pyridine rings is 1. The number of rotatable bonds is 7. The maximum Gasteiger partial charge on any atom is 0.158 e. The summed E-state index contributed by atoms with van der Waals surface area (Å²) in [5, 5.41) is 0. The van der Waals surface area contributed by atoms with E-state index in [9.17, 15) is 0 Å². The second-order valence-corrected chi connectivity index (χ2v) is 7.40. The average Bonchev–Trinajstić information content (AvgIpc) is 2.78. The number of ether oxygens (including phenoxy) is 3. The van der Waals surface area contributed by atoms with Crippen LogP contribution in [0.25, 0.3) is 0 Å². The molecular formula is C24H28N2O3. The van der Waals surface area contributed by atoms with Crippen molar-refractivity contribution in [2.45, 2.75) is 44.3 Å². The van der Waals surface area contributed by atoms with Crippen LogP contribution < -0.4 is 0 Å². The summed E-state index contributed by atoms with van der Waals surface area (Å²) in [6, 6.07) is 16.0. The van der Waals surface area contributed by atoms with Crippen molar-refractivity contribution in [3.8, 4) is 0 Å². The van der Waals surface area contributed by atoms with Gasteiger partial charge in [-0.2, -0.15) is 0 Å². The van der Waals surface area contributed by atoms with Crippen LogP contribution in [-0.4, -0.2) is 35.9 Å². The Labute approximate surface area is 172 Å². The smallest absolute Gasteiger partial charge is 0.158 e. The van der Waals surface area contributed by atoms with Crippen molar-refractivity contribution in [2.75, 3.05) is 13.7 Å². The zero-order valence-corrected chi connectivity index (χ0v) is 16.8. The molecule has 152 valence electrons. The summed E-state index contributed by atoms with van der Waals surface area (Å²) in [6.07, 6.45) is 10.5. The van der Waals surface area contributed by atoms with E-state index in [1.807, 2.05) is 61.8 Å². The van der Waals surface area contributed by atoms with Crippen LogP contribution in [0.5, 0.6) is 0 Å². The predicted octanol–water partition coefficient (Wildman–Crippen LogP) is 4.59. The van der Waals surface area contributed by atoms with Gasteiger partial charge < -0.3 is 19.1 Å². The zero-order chi connectivity index (χ0) is 19.9. The van der Waals surface area contributed by atoms with E-state index in [0.29, 0.717) is 6.61 Å². The average molecular weight is 392 g/mol.